The zero-order valence-electron chi connectivity index (χ0n) is 15.0. The number of hydrogen-bond donors (Lipinski definition) is 2. The third kappa shape index (κ3) is 4.60. The number of ether oxygens (including phenoxy) is 1. The highest BCUT2D eigenvalue weighted by Crippen LogP contribution is 2.23. The quantitative estimate of drug-likeness (QED) is 0.723. The van der Waals surface area contributed by atoms with E-state index < -0.39 is 27.9 Å². The van der Waals surface area contributed by atoms with E-state index in [1.807, 2.05) is 13.8 Å². The number of carboxylic acids is 1. The molecule has 2 atom stereocenters. The first-order valence-corrected chi connectivity index (χ1v) is 9.80. The van der Waals surface area contributed by atoms with E-state index in [2.05, 4.69) is 4.72 Å². The van der Waals surface area contributed by atoms with Crippen molar-refractivity contribution < 1.29 is 27.9 Å². The summed E-state index contributed by atoms with van der Waals surface area (Å²) in [5.41, 5.74) is 0.232. The first-order valence-electron chi connectivity index (χ1n) is 8.32. The van der Waals surface area contributed by atoms with Crippen molar-refractivity contribution in [3.63, 3.8) is 0 Å². The monoisotopic (exact) mass is 384 g/mol. The van der Waals surface area contributed by atoms with Crippen LogP contribution in [0, 0.1) is 5.92 Å². The fraction of sp³-hybridized carbons (Fsp3) is 0.529. The Bertz CT molecular complexity index is 760. The molecule has 1 aromatic carbocycles. The lowest BCUT2D eigenvalue weighted by Crippen LogP contribution is -2.40. The Morgan fingerprint density at radius 3 is 2.42 bits per heavy atom. The SMILES string of the molecule is COC1CC(C(=O)O)N(C(=O)c2ccc(S(=O)(=O)NCC(C)C)cc2)C1. The van der Waals surface area contributed by atoms with E-state index >= 15 is 0 Å². The van der Waals surface area contributed by atoms with Crippen LogP contribution < -0.4 is 4.72 Å². The van der Waals surface area contributed by atoms with E-state index in [1.165, 1.54) is 36.3 Å². The van der Waals surface area contributed by atoms with Crippen molar-refractivity contribution in [1.82, 2.24) is 9.62 Å². The van der Waals surface area contributed by atoms with Crippen molar-refractivity contribution in [2.24, 2.45) is 5.92 Å². The Kier molecular flexibility index (Phi) is 6.38. The van der Waals surface area contributed by atoms with Gasteiger partial charge in [0.1, 0.15) is 6.04 Å². The number of hydrogen-bond acceptors (Lipinski definition) is 5. The summed E-state index contributed by atoms with van der Waals surface area (Å²) < 4.78 is 32.1. The number of carbonyl (C=O) groups is 2. The van der Waals surface area contributed by atoms with Gasteiger partial charge in [0.2, 0.25) is 10.0 Å². The molecule has 2 N–H and O–H groups in total. The number of aliphatic carboxylic acids is 1. The lowest BCUT2D eigenvalue weighted by molar-refractivity contribution is -0.141. The summed E-state index contributed by atoms with van der Waals surface area (Å²) in [6.07, 6.45) is -0.108. The number of amides is 1. The highest BCUT2D eigenvalue weighted by Gasteiger charge is 2.40. The maximum atomic E-state index is 12.6. The number of sulfonamides is 1. The van der Waals surface area contributed by atoms with Gasteiger partial charge in [-0.1, -0.05) is 13.8 Å². The molecule has 0 aromatic heterocycles. The number of nitrogens with zero attached hydrogens (tertiary/aromatic N) is 1. The number of carboxylic acid groups (broad SMARTS) is 1. The van der Waals surface area contributed by atoms with Gasteiger partial charge in [-0.15, -0.1) is 0 Å². The van der Waals surface area contributed by atoms with Crippen LogP contribution in [0.2, 0.25) is 0 Å². The van der Waals surface area contributed by atoms with Crippen LogP contribution in [0.1, 0.15) is 30.6 Å². The van der Waals surface area contributed by atoms with E-state index in [0.717, 1.165) is 0 Å². The number of carbonyl (C=O) groups excluding carboxylic acids is 1. The van der Waals surface area contributed by atoms with Crippen LogP contribution in [0.15, 0.2) is 29.2 Å². The van der Waals surface area contributed by atoms with Gasteiger partial charge in [0, 0.05) is 32.2 Å². The summed E-state index contributed by atoms with van der Waals surface area (Å²) in [6, 6.07) is 4.52. The average Bonchev–Trinajstić information content (AvgIpc) is 3.04. The predicted octanol–water partition coefficient (Wildman–Crippen LogP) is 0.935. The Balaban J connectivity index is 2.17. The summed E-state index contributed by atoms with van der Waals surface area (Å²) in [4.78, 5) is 25.3. The van der Waals surface area contributed by atoms with Gasteiger partial charge in [0.05, 0.1) is 11.0 Å². The summed E-state index contributed by atoms with van der Waals surface area (Å²) in [5.74, 6) is -1.38. The molecular formula is C17H24N2O6S. The lowest BCUT2D eigenvalue weighted by Gasteiger charge is -2.21. The molecule has 1 aromatic rings. The molecule has 1 aliphatic heterocycles. The zero-order chi connectivity index (χ0) is 19.5. The fourth-order valence-electron chi connectivity index (χ4n) is 2.73. The lowest BCUT2D eigenvalue weighted by atomic mass is 10.1. The molecule has 0 bridgehead atoms. The minimum absolute atomic E-state index is 0.0562. The van der Waals surface area contributed by atoms with E-state index in [4.69, 9.17) is 4.74 Å². The minimum Gasteiger partial charge on any atom is -0.480 e. The van der Waals surface area contributed by atoms with Crippen molar-refractivity contribution in [3.05, 3.63) is 29.8 Å². The molecule has 2 rings (SSSR count). The molecule has 0 aliphatic carbocycles. The zero-order valence-corrected chi connectivity index (χ0v) is 15.8. The van der Waals surface area contributed by atoms with Gasteiger partial charge < -0.3 is 14.7 Å². The Morgan fingerprint density at radius 2 is 1.92 bits per heavy atom. The van der Waals surface area contributed by atoms with Gasteiger partial charge in [-0.05, 0) is 30.2 Å². The van der Waals surface area contributed by atoms with Crippen molar-refractivity contribution in [2.75, 3.05) is 20.2 Å². The number of likely N-dealkylation sites (tertiary alicyclic amines) is 1. The van der Waals surface area contributed by atoms with Crippen LogP contribution >= 0.6 is 0 Å². The molecule has 0 radical (unpaired) electrons. The van der Waals surface area contributed by atoms with E-state index in [1.54, 1.807) is 0 Å². The Hall–Kier alpha value is -1.97. The largest absolute Gasteiger partial charge is 0.480 e. The van der Waals surface area contributed by atoms with E-state index in [0.29, 0.717) is 6.54 Å². The normalized spacial score (nSPS) is 20.5. The third-order valence-electron chi connectivity index (χ3n) is 4.24. The maximum absolute atomic E-state index is 12.6. The fourth-order valence-corrected chi connectivity index (χ4v) is 3.94. The summed E-state index contributed by atoms with van der Waals surface area (Å²) in [5, 5.41) is 9.31. The second-order valence-corrected chi connectivity index (χ2v) is 8.44. The van der Waals surface area contributed by atoms with Gasteiger partial charge in [-0.25, -0.2) is 17.9 Å². The van der Waals surface area contributed by atoms with Crippen LogP contribution in [-0.2, 0) is 19.6 Å². The molecule has 1 fully saturated rings. The number of rotatable bonds is 7. The van der Waals surface area contributed by atoms with Crippen molar-refractivity contribution in [3.8, 4) is 0 Å². The second kappa shape index (κ2) is 8.15. The molecule has 8 nitrogen and oxygen atoms in total. The minimum atomic E-state index is -3.64. The van der Waals surface area contributed by atoms with Gasteiger partial charge in [-0.3, -0.25) is 4.79 Å². The Morgan fingerprint density at radius 1 is 1.31 bits per heavy atom. The number of nitrogens with one attached hydrogen (secondary N) is 1. The first-order chi connectivity index (χ1) is 12.2. The molecule has 2 unspecified atom stereocenters. The topological polar surface area (TPSA) is 113 Å². The molecule has 0 saturated carbocycles. The van der Waals surface area contributed by atoms with Crippen LogP contribution in [0.25, 0.3) is 0 Å². The molecule has 144 valence electrons. The van der Waals surface area contributed by atoms with Gasteiger partial charge in [0.25, 0.3) is 5.91 Å². The maximum Gasteiger partial charge on any atom is 0.326 e. The van der Waals surface area contributed by atoms with Gasteiger partial charge >= 0.3 is 5.97 Å². The molecule has 26 heavy (non-hydrogen) atoms. The van der Waals surface area contributed by atoms with Crippen molar-refractivity contribution in [1.29, 1.82) is 0 Å². The first kappa shape index (κ1) is 20.3. The van der Waals surface area contributed by atoms with Gasteiger partial charge in [-0.2, -0.15) is 0 Å². The number of benzene rings is 1. The van der Waals surface area contributed by atoms with Gasteiger partial charge in [0.15, 0.2) is 0 Å². The average molecular weight is 384 g/mol. The predicted molar refractivity (Wildman–Crippen MR) is 94.3 cm³/mol. The molecular weight excluding hydrogens is 360 g/mol. The molecule has 1 saturated heterocycles. The highest BCUT2D eigenvalue weighted by molar-refractivity contribution is 7.89. The molecule has 1 aliphatic rings. The second-order valence-electron chi connectivity index (χ2n) is 6.68. The van der Waals surface area contributed by atoms with Crippen molar-refractivity contribution >= 4 is 21.9 Å². The summed E-state index contributed by atoms with van der Waals surface area (Å²) in [7, 11) is -2.17. The summed E-state index contributed by atoms with van der Waals surface area (Å²) >= 11 is 0. The molecule has 1 heterocycles. The van der Waals surface area contributed by atoms with Crippen LogP contribution in [-0.4, -0.2) is 62.6 Å². The smallest absolute Gasteiger partial charge is 0.326 e. The van der Waals surface area contributed by atoms with Crippen LogP contribution in [0.3, 0.4) is 0 Å². The van der Waals surface area contributed by atoms with E-state index in [-0.39, 0.29) is 35.4 Å². The van der Waals surface area contributed by atoms with Crippen LogP contribution in [0.4, 0.5) is 0 Å². The standard InChI is InChI=1S/C17H24N2O6S/c1-11(2)9-18-26(23,24)14-6-4-12(5-7-14)16(20)19-10-13(25-3)8-15(19)17(21)22/h4-7,11,13,15,18H,8-10H2,1-3H3,(H,21,22). The third-order valence-corrected chi connectivity index (χ3v) is 5.67. The Labute approximate surface area is 153 Å². The molecule has 9 heteroatoms. The summed E-state index contributed by atoms with van der Waals surface area (Å²) in [6.45, 7) is 4.29. The van der Waals surface area contributed by atoms with E-state index in [9.17, 15) is 23.1 Å². The number of methoxy groups -OCH3 is 1. The highest BCUT2D eigenvalue weighted by atomic mass is 32.2. The van der Waals surface area contributed by atoms with Crippen LogP contribution in [0.5, 0.6) is 0 Å². The molecule has 1 amide bonds. The van der Waals surface area contributed by atoms with Crippen molar-refractivity contribution in [2.45, 2.75) is 37.3 Å². The molecule has 0 spiro atoms.